The second kappa shape index (κ2) is 7.37. The van der Waals surface area contributed by atoms with Crippen molar-refractivity contribution in [1.82, 2.24) is 5.32 Å². The maximum absolute atomic E-state index is 13.0. The van der Waals surface area contributed by atoms with Crippen LogP contribution in [0.25, 0.3) is 0 Å². The first kappa shape index (κ1) is 17.6. The van der Waals surface area contributed by atoms with Crippen molar-refractivity contribution in [3.05, 3.63) is 65.7 Å². The molecule has 0 aliphatic carbocycles. The highest BCUT2D eigenvalue weighted by Crippen LogP contribution is 2.29. The van der Waals surface area contributed by atoms with Crippen molar-refractivity contribution in [3.63, 3.8) is 0 Å². The Hall–Kier alpha value is -2.18. The lowest BCUT2D eigenvalue weighted by molar-refractivity contribution is 0.0600. The third-order valence-corrected chi connectivity index (χ3v) is 6.75. The van der Waals surface area contributed by atoms with Gasteiger partial charge in [0.25, 0.3) is 0 Å². The quantitative estimate of drug-likeness (QED) is 0.849. The Morgan fingerprint density at radius 3 is 2.56 bits per heavy atom. The lowest BCUT2D eigenvalue weighted by atomic mass is 9.91. The second-order valence-corrected chi connectivity index (χ2v) is 8.42. The Kier molecular flexibility index (Phi) is 5.20. The average molecular weight is 359 g/mol. The number of hydrogen-bond acceptors (Lipinski definition) is 5. The summed E-state index contributed by atoms with van der Waals surface area (Å²) in [5, 5.41) is 2.71. The number of carbonyl (C=O) groups is 1. The van der Waals surface area contributed by atoms with E-state index in [0.717, 1.165) is 12.1 Å². The number of carbonyl (C=O) groups excluding carboxylic acids is 1. The van der Waals surface area contributed by atoms with Gasteiger partial charge in [-0.1, -0.05) is 36.4 Å². The summed E-state index contributed by atoms with van der Waals surface area (Å²) in [7, 11) is -2.26. The van der Waals surface area contributed by atoms with Crippen LogP contribution in [0.1, 0.15) is 28.3 Å². The van der Waals surface area contributed by atoms with Crippen molar-refractivity contribution in [3.8, 4) is 0 Å². The molecule has 2 atom stereocenters. The zero-order valence-corrected chi connectivity index (χ0v) is 14.8. The molecule has 132 valence electrons. The second-order valence-electron chi connectivity index (χ2n) is 6.19. The predicted molar refractivity (Wildman–Crippen MR) is 95.4 cm³/mol. The number of ether oxygens (including phenoxy) is 1. The molecule has 25 heavy (non-hydrogen) atoms. The summed E-state index contributed by atoms with van der Waals surface area (Å²) in [5.41, 5.74) is 1.38. The highest BCUT2D eigenvalue weighted by atomic mass is 32.2. The third-order valence-electron chi connectivity index (χ3n) is 4.60. The van der Waals surface area contributed by atoms with Crippen molar-refractivity contribution in [2.75, 3.05) is 20.2 Å². The number of hydrogen-bond donors (Lipinski definition) is 1. The molecule has 2 aromatic carbocycles. The molecule has 0 spiro atoms. The van der Waals surface area contributed by atoms with Crippen LogP contribution >= 0.6 is 0 Å². The molecule has 0 aromatic heterocycles. The van der Waals surface area contributed by atoms with E-state index in [0.29, 0.717) is 13.0 Å². The van der Waals surface area contributed by atoms with Gasteiger partial charge >= 0.3 is 5.97 Å². The molecule has 1 fully saturated rings. The van der Waals surface area contributed by atoms with Gasteiger partial charge in [0.15, 0.2) is 9.84 Å². The van der Waals surface area contributed by atoms with Crippen molar-refractivity contribution in [1.29, 1.82) is 0 Å². The van der Waals surface area contributed by atoms with Gasteiger partial charge in [-0.2, -0.15) is 0 Å². The molecule has 6 heteroatoms. The third kappa shape index (κ3) is 3.75. The van der Waals surface area contributed by atoms with Crippen LogP contribution < -0.4 is 5.32 Å². The summed E-state index contributed by atoms with van der Waals surface area (Å²) < 4.78 is 30.7. The summed E-state index contributed by atoms with van der Waals surface area (Å²) in [6.45, 7) is 1.17. The maximum atomic E-state index is 13.0. The molecule has 1 saturated heterocycles. The van der Waals surface area contributed by atoms with Gasteiger partial charge in [0.05, 0.1) is 22.8 Å². The lowest BCUT2D eigenvalue weighted by Crippen LogP contribution is -2.42. The Labute approximate surface area is 147 Å². The van der Waals surface area contributed by atoms with Gasteiger partial charge in [0, 0.05) is 13.1 Å². The fourth-order valence-electron chi connectivity index (χ4n) is 3.23. The summed E-state index contributed by atoms with van der Waals surface area (Å²) in [4.78, 5) is 11.8. The van der Waals surface area contributed by atoms with Crippen molar-refractivity contribution < 1.29 is 17.9 Å². The zero-order chi connectivity index (χ0) is 17.9. The number of benzene rings is 2. The van der Waals surface area contributed by atoms with E-state index >= 15 is 0 Å². The molecular weight excluding hydrogens is 338 g/mol. The molecule has 2 unspecified atom stereocenters. The molecule has 3 rings (SSSR count). The van der Waals surface area contributed by atoms with E-state index < -0.39 is 21.1 Å². The first-order valence-electron chi connectivity index (χ1n) is 8.20. The van der Waals surface area contributed by atoms with Crippen molar-refractivity contribution in [2.24, 2.45) is 0 Å². The van der Waals surface area contributed by atoms with Crippen LogP contribution in [0.2, 0.25) is 0 Å². The van der Waals surface area contributed by atoms with Gasteiger partial charge in [0.1, 0.15) is 0 Å². The fourth-order valence-corrected chi connectivity index (χ4v) is 5.00. The van der Waals surface area contributed by atoms with Gasteiger partial charge in [0.2, 0.25) is 0 Å². The zero-order valence-electron chi connectivity index (χ0n) is 14.0. The minimum atomic E-state index is -3.54. The van der Waals surface area contributed by atoms with Gasteiger partial charge < -0.3 is 10.1 Å². The average Bonchev–Trinajstić information content (AvgIpc) is 2.68. The molecule has 0 radical (unpaired) electrons. The molecule has 0 saturated carbocycles. The van der Waals surface area contributed by atoms with Crippen LogP contribution in [0.15, 0.2) is 59.5 Å². The normalized spacial score (nSPS) is 20.8. The molecule has 1 heterocycles. The van der Waals surface area contributed by atoms with Crippen LogP contribution in [0.3, 0.4) is 0 Å². The molecule has 1 aliphatic heterocycles. The summed E-state index contributed by atoms with van der Waals surface area (Å²) in [6, 6.07) is 16.0. The van der Waals surface area contributed by atoms with E-state index in [9.17, 15) is 13.2 Å². The monoisotopic (exact) mass is 359 g/mol. The predicted octanol–water partition coefficient (Wildman–Crippen LogP) is 2.39. The van der Waals surface area contributed by atoms with E-state index in [1.165, 1.54) is 19.2 Å². The molecular formula is C19H21NO4S. The molecule has 2 aromatic rings. The van der Waals surface area contributed by atoms with Gasteiger partial charge in [-0.15, -0.1) is 0 Å². The largest absolute Gasteiger partial charge is 0.465 e. The number of methoxy groups -OCH3 is 1. The minimum absolute atomic E-state index is 0.151. The Morgan fingerprint density at radius 1 is 1.08 bits per heavy atom. The van der Waals surface area contributed by atoms with E-state index in [1.54, 1.807) is 12.1 Å². The summed E-state index contributed by atoms with van der Waals surface area (Å²) >= 11 is 0. The maximum Gasteiger partial charge on any atom is 0.337 e. The fraction of sp³-hybridized carbons (Fsp3) is 0.316. The van der Waals surface area contributed by atoms with Gasteiger partial charge in [-0.25, -0.2) is 13.2 Å². The number of esters is 1. The topological polar surface area (TPSA) is 72.5 Å². The van der Waals surface area contributed by atoms with Crippen molar-refractivity contribution >= 4 is 15.8 Å². The number of nitrogens with one attached hydrogen (secondary N) is 1. The minimum Gasteiger partial charge on any atom is -0.465 e. The van der Waals surface area contributed by atoms with Crippen LogP contribution in [0.5, 0.6) is 0 Å². The highest BCUT2D eigenvalue weighted by Gasteiger charge is 2.33. The lowest BCUT2D eigenvalue weighted by Gasteiger charge is -2.30. The molecule has 1 aliphatic rings. The van der Waals surface area contributed by atoms with Crippen LogP contribution in [0.4, 0.5) is 0 Å². The number of sulfone groups is 1. The number of piperidine rings is 1. The number of rotatable bonds is 4. The van der Waals surface area contributed by atoms with Gasteiger partial charge in [-0.05, 0) is 36.1 Å². The Balaban J connectivity index is 1.86. The highest BCUT2D eigenvalue weighted by molar-refractivity contribution is 7.92. The standard InChI is InChI=1S/C19H21NO4S/c1-24-19(21)15-8-5-9-17(10-15)25(22,23)18-11-16(12-20-13-18)14-6-3-2-4-7-14/h2-10,16,18,20H,11-13H2,1H3. The van der Waals surface area contributed by atoms with E-state index in [-0.39, 0.29) is 16.4 Å². The molecule has 1 N–H and O–H groups in total. The van der Waals surface area contributed by atoms with Gasteiger partial charge in [-0.3, -0.25) is 0 Å². The Bertz CT molecular complexity index is 849. The van der Waals surface area contributed by atoms with E-state index in [1.807, 2.05) is 30.3 Å². The van der Waals surface area contributed by atoms with E-state index in [4.69, 9.17) is 0 Å². The van der Waals surface area contributed by atoms with Crippen LogP contribution in [-0.4, -0.2) is 39.8 Å². The van der Waals surface area contributed by atoms with Crippen LogP contribution in [0, 0.1) is 0 Å². The van der Waals surface area contributed by atoms with Crippen molar-refractivity contribution in [2.45, 2.75) is 22.5 Å². The smallest absolute Gasteiger partial charge is 0.337 e. The molecule has 5 nitrogen and oxygen atoms in total. The Morgan fingerprint density at radius 2 is 1.84 bits per heavy atom. The molecule has 0 bridgehead atoms. The van der Waals surface area contributed by atoms with E-state index in [2.05, 4.69) is 10.1 Å². The molecule has 0 amide bonds. The summed E-state index contributed by atoms with van der Waals surface area (Å²) in [6.07, 6.45) is 0.557. The SMILES string of the molecule is COC(=O)c1cccc(S(=O)(=O)C2CNCC(c3ccccc3)C2)c1. The van der Waals surface area contributed by atoms with Crippen LogP contribution in [-0.2, 0) is 14.6 Å². The first-order chi connectivity index (χ1) is 12.0. The summed E-state index contributed by atoms with van der Waals surface area (Å²) in [5.74, 6) is -0.389. The first-order valence-corrected chi connectivity index (χ1v) is 9.75.